The molecule has 2 N–H and O–H groups in total. The molecular formula is C17H19NO2. The van der Waals surface area contributed by atoms with Gasteiger partial charge in [-0.05, 0) is 48.6 Å². The highest BCUT2D eigenvalue weighted by atomic mass is 16.7. The van der Waals surface area contributed by atoms with Crippen LogP contribution in [-0.2, 0) is 12.8 Å². The first-order chi connectivity index (χ1) is 9.72. The molecule has 0 amide bonds. The molecular weight excluding hydrogens is 250 g/mol. The summed E-state index contributed by atoms with van der Waals surface area (Å²) in [5, 5.41) is 0. The summed E-state index contributed by atoms with van der Waals surface area (Å²) >= 11 is 0. The van der Waals surface area contributed by atoms with Crippen LogP contribution >= 0.6 is 0 Å². The molecule has 1 atom stereocenters. The second-order valence-corrected chi connectivity index (χ2v) is 5.28. The Kier molecular flexibility index (Phi) is 3.61. The van der Waals surface area contributed by atoms with E-state index in [4.69, 9.17) is 15.2 Å². The van der Waals surface area contributed by atoms with Gasteiger partial charge in [0.2, 0.25) is 6.79 Å². The number of rotatable bonds is 4. The maximum absolute atomic E-state index is 6.28. The van der Waals surface area contributed by atoms with Crippen LogP contribution in [0.25, 0.3) is 0 Å². The fraction of sp³-hybridized carbons (Fsp3) is 0.294. The lowest BCUT2D eigenvalue weighted by atomic mass is 9.97. The van der Waals surface area contributed by atoms with Crippen LogP contribution in [0.3, 0.4) is 0 Å². The minimum Gasteiger partial charge on any atom is -0.454 e. The summed E-state index contributed by atoms with van der Waals surface area (Å²) in [6, 6.07) is 14.6. The second-order valence-electron chi connectivity index (χ2n) is 5.28. The van der Waals surface area contributed by atoms with Crippen LogP contribution in [0.5, 0.6) is 11.5 Å². The third-order valence-corrected chi connectivity index (χ3v) is 3.68. The molecule has 20 heavy (non-hydrogen) atoms. The van der Waals surface area contributed by atoms with Crippen LogP contribution in [0.4, 0.5) is 0 Å². The van der Waals surface area contributed by atoms with Crippen LogP contribution in [0, 0.1) is 6.92 Å². The van der Waals surface area contributed by atoms with E-state index in [-0.39, 0.29) is 6.04 Å². The van der Waals surface area contributed by atoms with Crippen molar-refractivity contribution in [1.29, 1.82) is 0 Å². The van der Waals surface area contributed by atoms with Gasteiger partial charge in [0.05, 0.1) is 0 Å². The van der Waals surface area contributed by atoms with Crippen LogP contribution in [0.15, 0.2) is 42.5 Å². The Morgan fingerprint density at radius 3 is 2.70 bits per heavy atom. The molecule has 0 saturated carbocycles. The number of benzene rings is 2. The molecule has 1 aliphatic rings. The molecule has 0 aliphatic carbocycles. The van der Waals surface area contributed by atoms with E-state index in [2.05, 4.69) is 37.3 Å². The van der Waals surface area contributed by atoms with Gasteiger partial charge in [0.15, 0.2) is 11.5 Å². The van der Waals surface area contributed by atoms with Crippen molar-refractivity contribution in [3.8, 4) is 11.5 Å². The zero-order chi connectivity index (χ0) is 13.9. The fourth-order valence-corrected chi connectivity index (χ4v) is 2.56. The minimum atomic E-state index is 0.108. The first-order valence-electron chi connectivity index (χ1n) is 6.91. The Morgan fingerprint density at radius 1 is 1.05 bits per heavy atom. The van der Waals surface area contributed by atoms with E-state index in [1.807, 2.05) is 12.1 Å². The quantitative estimate of drug-likeness (QED) is 0.928. The normalized spacial score (nSPS) is 14.3. The highest BCUT2D eigenvalue weighted by molar-refractivity contribution is 5.44. The van der Waals surface area contributed by atoms with Crippen LogP contribution in [0.1, 0.15) is 16.7 Å². The Hall–Kier alpha value is -2.00. The molecule has 3 rings (SSSR count). The van der Waals surface area contributed by atoms with E-state index in [1.165, 1.54) is 16.7 Å². The van der Waals surface area contributed by atoms with Gasteiger partial charge in [0, 0.05) is 6.04 Å². The van der Waals surface area contributed by atoms with E-state index in [9.17, 15) is 0 Å². The smallest absolute Gasteiger partial charge is 0.231 e. The summed E-state index contributed by atoms with van der Waals surface area (Å²) < 4.78 is 10.7. The van der Waals surface area contributed by atoms with Gasteiger partial charge in [-0.1, -0.05) is 30.3 Å². The van der Waals surface area contributed by atoms with Gasteiger partial charge in [0.25, 0.3) is 0 Å². The zero-order valence-corrected chi connectivity index (χ0v) is 11.6. The summed E-state index contributed by atoms with van der Waals surface area (Å²) in [4.78, 5) is 0. The number of aryl methyl sites for hydroxylation is 1. The van der Waals surface area contributed by atoms with Crippen LogP contribution in [0.2, 0.25) is 0 Å². The molecule has 3 heteroatoms. The van der Waals surface area contributed by atoms with Crippen molar-refractivity contribution in [2.75, 3.05) is 6.79 Å². The van der Waals surface area contributed by atoms with E-state index in [1.54, 1.807) is 0 Å². The lowest BCUT2D eigenvalue weighted by molar-refractivity contribution is 0.174. The van der Waals surface area contributed by atoms with E-state index in [0.717, 1.165) is 24.3 Å². The monoisotopic (exact) mass is 269 g/mol. The zero-order valence-electron chi connectivity index (χ0n) is 11.6. The molecule has 104 valence electrons. The highest BCUT2D eigenvalue weighted by Gasteiger charge is 2.14. The van der Waals surface area contributed by atoms with Crippen molar-refractivity contribution in [1.82, 2.24) is 0 Å². The lowest BCUT2D eigenvalue weighted by Gasteiger charge is -2.14. The molecule has 2 aromatic carbocycles. The SMILES string of the molecule is Cc1ccccc1CC(N)Cc1ccc2c(c1)OCO2. The average Bonchev–Trinajstić information content (AvgIpc) is 2.89. The molecule has 1 heterocycles. The van der Waals surface area contributed by atoms with Gasteiger partial charge in [-0.3, -0.25) is 0 Å². The molecule has 0 aromatic heterocycles. The molecule has 3 nitrogen and oxygen atoms in total. The summed E-state index contributed by atoms with van der Waals surface area (Å²) in [5.41, 5.74) is 10.1. The van der Waals surface area contributed by atoms with Crippen molar-refractivity contribution >= 4 is 0 Å². The molecule has 1 unspecified atom stereocenters. The Labute approximate surface area is 119 Å². The third kappa shape index (κ3) is 2.78. The van der Waals surface area contributed by atoms with Gasteiger partial charge in [-0.25, -0.2) is 0 Å². The number of nitrogens with two attached hydrogens (primary N) is 1. The average molecular weight is 269 g/mol. The maximum atomic E-state index is 6.28. The van der Waals surface area contributed by atoms with Gasteiger partial charge in [-0.15, -0.1) is 0 Å². The second kappa shape index (κ2) is 5.55. The first-order valence-corrected chi connectivity index (χ1v) is 6.91. The van der Waals surface area contributed by atoms with Crippen LogP contribution < -0.4 is 15.2 Å². The van der Waals surface area contributed by atoms with Gasteiger partial charge in [-0.2, -0.15) is 0 Å². The molecule has 0 radical (unpaired) electrons. The predicted octanol–water partition coefficient (Wildman–Crippen LogP) is 2.84. The van der Waals surface area contributed by atoms with Gasteiger partial charge < -0.3 is 15.2 Å². The predicted molar refractivity (Wildman–Crippen MR) is 79.1 cm³/mol. The molecule has 0 saturated heterocycles. The minimum absolute atomic E-state index is 0.108. The molecule has 0 spiro atoms. The summed E-state index contributed by atoms with van der Waals surface area (Å²) in [6.45, 7) is 2.44. The Balaban J connectivity index is 1.67. The topological polar surface area (TPSA) is 44.5 Å². The maximum Gasteiger partial charge on any atom is 0.231 e. The van der Waals surface area contributed by atoms with Crippen molar-refractivity contribution < 1.29 is 9.47 Å². The van der Waals surface area contributed by atoms with Crippen molar-refractivity contribution in [3.05, 3.63) is 59.2 Å². The van der Waals surface area contributed by atoms with Crippen molar-refractivity contribution in [3.63, 3.8) is 0 Å². The number of hydrogen-bond donors (Lipinski definition) is 1. The van der Waals surface area contributed by atoms with Gasteiger partial charge in [0.1, 0.15) is 0 Å². The third-order valence-electron chi connectivity index (χ3n) is 3.68. The van der Waals surface area contributed by atoms with Crippen molar-refractivity contribution in [2.24, 2.45) is 5.73 Å². The number of ether oxygens (including phenoxy) is 2. The molecule has 2 aromatic rings. The summed E-state index contributed by atoms with van der Waals surface area (Å²) in [6.07, 6.45) is 1.73. The van der Waals surface area contributed by atoms with Gasteiger partial charge >= 0.3 is 0 Å². The van der Waals surface area contributed by atoms with Crippen LogP contribution in [-0.4, -0.2) is 12.8 Å². The highest BCUT2D eigenvalue weighted by Crippen LogP contribution is 2.32. The standard InChI is InChI=1S/C17H19NO2/c1-12-4-2-3-5-14(12)10-15(18)8-13-6-7-16-17(9-13)20-11-19-16/h2-7,9,15H,8,10-11,18H2,1H3. The van der Waals surface area contributed by atoms with E-state index < -0.39 is 0 Å². The summed E-state index contributed by atoms with van der Waals surface area (Å²) in [5.74, 6) is 1.65. The molecule has 0 fully saturated rings. The first kappa shape index (κ1) is 13.0. The van der Waals surface area contributed by atoms with E-state index in [0.29, 0.717) is 6.79 Å². The fourth-order valence-electron chi connectivity index (χ4n) is 2.56. The lowest BCUT2D eigenvalue weighted by Crippen LogP contribution is -2.25. The van der Waals surface area contributed by atoms with E-state index >= 15 is 0 Å². The number of fused-ring (bicyclic) bond motifs is 1. The molecule has 1 aliphatic heterocycles. The molecule has 0 bridgehead atoms. The Morgan fingerprint density at radius 2 is 1.85 bits per heavy atom. The van der Waals surface area contributed by atoms with Crippen molar-refractivity contribution in [2.45, 2.75) is 25.8 Å². The Bertz CT molecular complexity index is 610. The summed E-state index contributed by atoms with van der Waals surface area (Å²) in [7, 11) is 0. The largest absolute Gasteiger partial charge is 0.454 e. The number of hydrogen-bond acceptors (Lipinski definition) is 3.